The van der Waals surface area contributed by atoms with Crippen molar-refractivity contribution in [2.45, 2.75) is 13.0 Å². The number of ether oxygens (including phenoxy) is 2. The molecule has 1 aromatic carbocycles. The Bertz CT molecular complexity index is 382. The van der Waals surface area contributed by atoms with Crippen LogP contribution in [0.3, 0.4) is 0 Å². The molecule has 0 saturated heterocycles. The van der Waals surface area contributed by atoms with Gasteiger partial charge in [-0.15, -0.1) is 0 Å². The first kappa shape index (κ1) is 14.5. The van der Waals surface area contributed by atoms with E-state index in [2.05, 4.69) is 5.32 Å². The predicted molar refractivity (Wildman–Crippen MR) is 69.4 cm³/mol. The summed E-state index contributed by atoms with van der Waals surface area (Å²) in [5, 5.41) is 2.85. The van der Waals surface area contributed by atoms with Crippen molar-refractivity contribution in [3.8, 4) is 5.75 Å². The second-order valence-corrected chi connectivity index (χ2v) is 3.87. The molecule has 5 nitrogen and oxygen atoms in total. The number of rotatable bonds is 7. The minimum atomic E-state index is -0.165. The number of amides is 1. The summed E-state index contributed by atoms with van der Waals surface area (Å²) in [6.45, 7) is 2.72. The molecular formula is C13H20N2O3. The Labute approximate surface area is 107 Å². The van der Waals surface area contributed by atoms with Crippen molar-refractivity contribution >= 4 is 5.91 Å². The SMILES string of the molecule is COc1ccccc1[C@@H](C)NC(=O)COCCN. The minimum Gasteiger partial charge on any atom is -0.496 e. The molecule has 100 valence electrons. The van der Waals surface area contributed by atoms with E-state index in [0.717, 1.165) is 11.3 Å². The van der Waals surface area contributed by atoms with Crippen LogP contribution in [0, 0.1) is 0 Å². The summed E-state index contributed by atoms with van der Waals surface area (Å²) in [6, 6.07) is 7.45. The number of carbonyl (C=O) groups excluding carboxylic acids is 1. The van der Waals surface area contributed by atoms with Gasteiger partial charge in [-0.05, 0) is 13.0 Å². The van der Waals surface area contributed by atoms with E-state index in [1.165, 1.54) is 0 Å². The van der Waals surface area contributed by atoms with Gasteiger partial charge in [0.1, 0.15) is 12.4 Å². The third-order valence-corrected chi connectivity index (χ3v) is 2.48. The maximum absolute atomic E-state index is 11.6. The quantitative estimate of drug-likeness (QED) is 0.705. The highest BCUT2D eigenvalue weighted by atomic mass is 16.5. The number of hydrogen-bond donors (Lipinski definition) is 2. The Balaban J connectivity index is 2.53. The first-order valence-electron chi connectivity index (χ1n) is 5.89. The third kappa shape index (κ3) is 4.35. The van der Waals surface area contributed by atoms with Crippen molar-refractivity contribution in [1.82, 2.24) is 5.32 Å². The second kappa shape index (κ2) is 7.68. The van der Waals surface area contributed by atoms with E-state index < -0.39 is 0 Å². The first-order chi connectivity index (χ1) is 8.69. The van der Waals surface area contributed by atoms with Gasteiger partial charge in [-0.25, -0.2) is 0 Å². The number of para-hydroxylation sites is 1. The predicted octanol–water partition coefficient (Wildman–Crippen LogP) is 0.848. The van der Waals surface area contributed by atoms with Crippen LogP contribution in [0.15, 0.2) is 24.3 Å². The van der Waals surface area contributed by atoms with Crippen molar-refractivity contribution in [2.24, 2.45) is 5.73 Å². The number of carbonyl (C=O) groups is 1. The Morgan fingerprint density at radius 2 is 2.17 bits per heavy atom. The summed E-state index contributed by atoms with van der Waals surface area (Å²) in [5.41, 5.74) is 6.21. The standard InChI is InChI=1S/C13H20N2O3/c1-10(15-13(16)9-18-8-7-14)11-5-3-4-6-12(11)17-2/h3-6,10H,7-9,14H2,1-2H3,(H,15,16)/t10-/m1/s1. The van der Waals surface area contributed by atoms with E-state index in [1.807, 2.05) is 31.2 Å². The van der Waals surface area contributed by atoms with Gasteiger partial charge in [0.05, 0.1) is 19.8 Å². The lowest BCUT2D eigenvalue weighted by molar-refractivity contribution is -0.126. The van der Waals surface area contributed by atoms with Gasteiger partial charge in [0.2, 0.25) is 5.91 Å². The first-order valence-corrected chi connectivity index (χ1v) is 5.89. The topological polar surface area (TPSA) is 73.6 Å². The molecule has 3 N–H and O–H groups in total. The van der Waals surface area contributed by atoms with Gasteiger partial charge >= 0.3 is 0 Å². The van der Waals surface area contributed by atoms with Crippen LogP contribution in [-0.2, 0) is 9.53 Å². The zero-order valence-corrected chi connectivity index (χ0v) is 10.8. The molecule has 1 aromatic rings. The molecule has 5 heteroatoms. The van der Waals surface area contributed by atoms with E-state index >= 15 is 0 Å². The molecule has 0 fully saturated rings. The van der Waals surface area contributed by atoms with E-state index in [-0.39, 0.29) is 18.6 Å². The number of hydrogen-bond acceptors (Lipinski definition) is 4. The average molecular weight is 252 g/mol. The van der Waals surface area contributed by atoms with Gasteiger partial charge in [-0.3, -0.25) is 4.79 Å². The lowest BCUT2D eigenvalue weighted by Crippen LogP contribution is -2.31. The summed E-state index contributed by atoms with van der Waals surface area (Å²) < 4.78 is 10.3. The summed E-state index contributed by atoms with van der Waals surface area (Å²) in [5.74, 6) is 0.593. The van der Waals surface area contributed by atoms with Gasteiger partial charge < -0.3 is 20.5 Å². The highest BCUT2D eigenvalue weighted by Gasteiger charge is 2.13. The molecule has 1 atom stereocenters. The van der Waals surface area contributed by atoms with Gasteiger partial charge in [-0.1, -0.05) is 18.2 Å². The lowest BCUT2D eigenvalue weighted by atomic mass is 10.1. The molecule has 0 aliphatic carbocycles. The molecule has 0 heterocycles. The second-order valence-electron chi connectivity index (χ2n) is 3.87. The normalized spacial score (nSPS) is 11.9. The Morgan fingerprint density at radius 3 is 2.83 bits per heavy atom. The van der Waals surface area contributed by atoms with E-state index in [9.17, 15) is 4.79 Å². The van der Waals surface area contributed by atoms with E-state index in [4.69, 9.17) is 15.2 Å². The molecule has 0 saturated carbocycles. The van der Waals surface area contributed by atoms with Gasteiger partial charge in [0, 0.05) is 12.1 Å². The van der Waals surface area contributed by atoms with Crippen molar-refractivity contribution in [2.75, 3.05) is 26.9 Å². The highest BCUT2D eigenvalue weighted by Crippen LogP contribution is 2.23. The minimum absolute atomic E-state index is 0.0245. The third-order valence-electron chi connectivity index (χ3n) is 2.48. The highest BCUT2D eigenvalue weighted by molar-refractivity contribution is 5.77. The van der Waals surface area contributed by atoms with Gasteiger partial charge in [0.15, 0.2) is 0 Å². The van der Waals surface area contributed by atoms with Crippen LogP contribution >= 0.6 is 0 Å². The molecular weight excluding hydrogens is 232 g/mol. The Hall–Kier alpha value is -1.59. The Morgan fingerprint density at radius 1 is 1.44 bits per heavy atom. The Kier molecular flexibility index (Phi) is 6.18. The maximum Gasteiger partial charge on any atom is 0.246 e. The van der Waals surface area contributed by atoms with Gasteiger partial charge in [0.25, 0.3) is 0 Å². The lowest BCUT2D eigenvalue weighted by Gasteiger charge is -2.17. The summed E-state index contributed by atoms with van der Waals surface area (Å²) >= 11 is 0. The van der Waals surface area contributed by atoms with Crippen molar-refractivity contribution in [3.05, 3.63) is 29.8 Å². The van der Waals surface area contributed by atoms with E-state index in [0.29, 0.717) is 13.2 Å². The summed E-state index contributed by atoms with van der Waals surface area (Å²) in [4.78, 5) is 11.6. The van der Waals surface area contributed by atoms with Crippen LogP contribution in [0.1, 0.15) is 18.5 Å². The van der Waals surface area contributed by atoms with Crippen molar-refractivity contribution in [1.29, 1.82) is 0 Å². The zero-order chi connectivity index (χ0) is 13.4. The van der Waals surface area contributed by atoms with Crippen LogP contribution in [0.2, 0.25) is 0 Å². The molecule has 0 aromatic heterocycles. The summed E-state index contributed by atoms with van der Waals surface area (Å²) in [6.07, 6.45) is 0. The fourth-order valence-electron chi connectivity index (χ4n) is 1.63. The molecule has 0 aliphatic rings. The fraction of sp³-hybridized carbons (Fsp3) is 0.462. The molecule has 0 spiro atoms. The average Bonchev–Trinajstić information content (AvgIpc) is 2.39. The van der Waals surface area contributed by atoms with Crippen molar-refractivity contribution < 1.29 is 14.3 Å². The van der Waals surface area contributed by atoms with E-state index in [1.54, 1.807) is 7.11 Å². The molecule has 0 bridgehead atoms. The molecule has 0 unspecified atom stereocenters. The molecule has 1 amide bonds. The van der Waals surface area contributed by atoms with Gasteiger partial charge in [-0.2, -0.15) is 0 Å². The number of methoxy groups -OCH3 is 1. The molecule has 1 rings (SSSR count). The molecule has 0 radical (unpaired) electrons. The van der Waals surface area contributed by atoms with Crippen LogP contribution in [-0.4, -0.2) is 32.8 Å². The fourth-order valence-corrected chi connectivity index (χ4v) is 1.63. The summed E-state index contributed by atoms with van der Waals surface area (Å²) in [7, 11) is 1.61. The largest absolute Gasteiger partial charge is 0.496 e. The monoisotopic (exact) mass is 252 g/mol. The smallest absolute Gasteiger partial charge is 0.246 e. The van der Waals surface area contributed by atoms with Crippen LogP contribution < -0.4 is 15.8 Å². The maximum atomic E-state index is 11.6. The zero-order valence-electron chi connectivity index (χ0n) is 10.8. The molecule has 0 aliphatic heterocycles. The molecule has 18 heavy (non-hydrogen) atoms. The number of benzene rings is 1. The number of nitrogens with one attached hydrogen (secondary N) is 1. The van der Waals surface area contributed by atoms with Crippen LogP contribution in [0.5, 0.6) is 5.75 Å². The number of nitrogens with two attached hydrogens (primary N) is 1. The van der Waals surface area contributed by atoms with Crippen molar-refractivity contribution in [3.63, 3.8) is 0 Å². The van der Waals surface area contributed by atoms with Crippen LogP contribution in [0.4, 0.5) is 0 Å². The van der Waals surface area contributed by atoms with Crippen LogP contribution in [0.25, 0.3) is 0 Å².